The fourth-order valence-electron chi connectivity index (χ4n) is 3.19. The van der Waals surface area contributed by atoms with Crippen LogP contribution in [-0.4, -0.2) is 28.3 Å². The Morgan fingerprint density at radius 1 is 1.26 bits per heavy atom. The van der Waals surface area contributed by atoms with Crippen LogP contribution in [0.5, 0.6) is 0 Å². The summed E-state index contributed by atoms with van der Waals surface area (Å²) in [6, 6.07) is 0.460. The lowest BCUT2D eigenvalue weighted by molar-refractivity contribution is 0.141. The van der Waals surface area contributed by atoms with Gasteiger partial charge in [0, 0.05) is 22.6 Å². The van der Waals surface area contributed by atoms with Gasteiger partial charge in [0.25, 0.3) is 0 Å². The molecule has 19 heavy (non-hydrogen) atoms. The molecule has 0 aromatic heterocycles. The van der Waals surface area contributed by atoms with Gasteiger partial charge in [0.05, 0.1) is 5.25 Å². The SMILES string of the molecule is CCCCS(=O)C1CC(C(C)(C)CC)CCC1NC. The van der Waals surface area contributed by atoms with Crippen molar-refractivity contribution in [2.45, 2.75) is 77.5 Å². The second kappa shape index (κ2) is 7.78. The molecule has 0 heterocycles. The van der Waals surface area contributed by atoms with Gasteiger partial charge in [0.1, 0.15) is 0 Å². The number of unbranched alkanes of at least 4 members (excludes halogenated alkanes) is 1. The van der Waals surface area contributed by atoms with Crippen molar-refractivity contribution >= 4 is 10.8 Å². The van der Waals surface area contributed by atoms with Gasteiger partial charge in [-0.3, -0.25) is 4.21 Å². The number of hydrogen-bond donors (Lipinski definition) is 1. The van der Waals surface area contributed by atoms with E-state index in [9.17, 15) is 4.21 Å². The topological polar surface area (TPSA) is 29.1 Å². The molecule has 1 saturated carbocycles. The summed E-state index contributed by atoms with van der Waals surface area (Å²) in [6.45, 7) is 9.22. The lowest BCUT2D eigenvalue weighted by Gasteiger charge is -2.42. The van der Waals surface area contributed by atoms with Gasteiger partial charge in [-0.2, -0.15) is 0 Å². The van der Waals surface area contributed by atoms with E-state index in [0.717, 1.165) is 30.9 Å². The Labute approximate surface area is 122 Å². The van der Waals surface area contributed by atoms with Crippen LogP contribution >= 0.6 is 0 Å². The monoisotopic (exact) mass is 287 g/mol. The third-order valence-electron chi connectivity index (χ3n) is 5.22. The second-order valence-electron chi connectivity index (χ2n) is 6.72. The minimum atomic E-state index is -0.656. The van der Waals surface area contributed by atoms with Crippen molar-refractivity contribution in [3.05, 3.63) is 0 Å². The molecule has 0 aromatic rings. The molecule has 1 rings (SSSR count). The van der Waals surface area contributed by atoms with E-state index in [1.165, 1.54) is 19.3 Å². The van der Waals surface area contributed by atoms with Crippen molar-refractivity contribution in [1.82, 2.24) is 5.32 Å². The molecule has 1 N–H and O–H groups in total. The summed E-state index contributed by atoms with van der Waals surface area (Å²) >= 11 is 0. The van der Waals surface area contributed by atoms with E-state index in [0.29, 0.717) is 16.7 Å². The first-order chi connectivity index (χ1) is 8.96. The minimum Gasteiger partial charge on any atom is -0.316 e. The Morgan fingerprint density at radius 3 is 2.47 bits per heavy atom. The summed E-state index contributed by atoms with van der Waals surface area (Å²) < 4.78 is 12.6. The third-order valence-corrected chi connectivity index (χ3v) is 7.10. The molecule has 0 saturated heterocycles. The van der Waals surface area contributed by atoms with Crippen LogP contribution in [0.25, 0.3) is 0 Å². The van der Waals surface area contributed by atoms with Crippen molar-refractivity contribution in [3.8, 4) is 0 Å². The fourth-order valence-corrected chi connectivity index (χ4v) is 5.15. The fraction of sp³-hybridized carbons (Fsp3) is 1.00. The van der Waals surface area contributed by atoms with Crippen LogP contribution < -0.4 is 5.32 Å². The zero-order valence-corrected chi connectivity index (χ0v) is 14.3. The van der Waals surface area contributed by atoms with Crippen molar-refractivity contribution < 1.29 is 4.21 Å². The summed E-state index contributed by atoms with van der Waals surface area (Å²) in [7, 11) is 1.37. The van der Waals surface area contributed by atoms with Crippen molar-refractivity contribution in [1.29, 1.82) is 0 Å². The van der Waals surface area contributed by atoms with Crippen molar-refractivity contribution in [3.63, 3.8) is 0 Å². The van der Waals surface area contributed by atoms with Crippen LogP contribution in [0.4, 0.5) is 0 Å². The Morgan fingerprint density at radius 2 is 1.95 bits per heavy atom. The van der Waals surface area contributed by atoms with Gasteiger partial charge >= 0.3 is 0 Å². The molecule has 4 unspecified atom stereocenters. The molecule has 1 aliphatic rings. The van der Waals surface area contributed by atoms with E-state index >= 15 is 0 Å². The summed E-state index contributed by atoms with van der Waals surface area (Å²) in [5.41, 5.74) is 0.395. The van der Waals surface area contributed by atoms with Crippen molar-refractivity contribution in [2.24, 2.45) is 11.3 Å². The van der Waals surface area contributed by atoms with E-state index in [2.05, 4.69) is 33.0 Å². The predicted octanol–water partition coefficient (Wildman–Crippen LogP) is 3.73. The maximum atomic E-state index is 12.6. The molecule has 1 aliphatic carbocycles. The van der Waals surface area contributed by atoms with Crippen LogP contribution in [0.2, 0.25) is 0 Å². The largest absolute Gasteiger partial charge is 0.316 e. The number of rotatable bonds is 7. The molecule has 0 aliphatic heterocycles. The molecule has 0 amide bonds. The zero-order valence-electron chi connectivity index (χ0n) is 13.5. The van der Waals surface area contributed by atoms with Crippen molar-refractivity contribution in [2.75, 3.05) is 12.8 Å². The normalized spacial score (nSPS) is 30.3. The lowest BCUT2D eigenvalue weighted by atomic mass is 9.68. The highest BCUT2D eigenvalue weighted by atomic mass is 32.2. The average molecular weight is 288 g/mol. The molecule has 0 spiro atoms. The molecule has 0 radical (unpaired) electrons. The molecular formula is C16H33NOS. The summed E-state index contributed by atoms with van der Waals surface area (Å²) in [5.74, 6) is 1.62. The van der Waals surface area contributed by atoms with E-state index in [-0.39, 0.29) is 0 Å². The maximum Gasteiger partial charge on any atom is 0.0503 e. The zero-order chi connectivity index (χ0) is 14.5. The van der Waals surface area contributed by atoms with Gasteiger partial charge in [-0.15, -0.1) is 0 Å². The average Bonchev–Trinajstić information content (AvgIpc) is 2.43. The first-order valence-corrected chi connectivity index (χ1v) is 9.38. The Bertz CT molecular complexity index is 290. The lowest BCUT2D eigenvalue weighted by Crippen LogP contribution is -2.47. The van der Waals surface area contributed by atoms with Gasteiger partial charge in [-0.1, -0.05) is 40.5 Å². The van der Waals surface area contributed by atoms with Crippen LogP contribution in [0.3, 0.4) is 0 Å². The predicted molar refractivity (Wildman–Crippen MR) is 86.0 cm³/mol. The molecule has 114 valence electrons. The highest BCUT2D eigenvalue weighted by Gasteiger charge is 2.38. The van der Waals surface area contributed by atoms with E-state index in [4.69, 9.17) is 0 Å². The van der Waals surface area contributed by atoms with Gasteiger partial charge in [-0.25, -0.2) is 0 Å². The van der Waals surface area contributed by atoms with Gasteiger partial charge in [-0.05, 0) is 44.1 Å². The molecule has 4 atom stereocenters. The molecule has 0 aromatic carbocycles. The third kappa shape index (κ3) is 4.56. The van der Waals surface area contributed by atoms with Crippen LogP contribution in [0.1, 0.15) is 66.2 Å². The highest BCUT2D eigenvalue weighted by Crippen LogP contribution is 2.41. The quantitative estimate of drug-likeness (QED) is 0.773. The van der Waals surface area contributed by atoms with Gasteiger partial charge in [0.15, 0.2) is 0 Å². The molecule has 3 heteroatoms. The Hall–Kier alpha value is 0.110. The molecule has 1 fully saturated rings. The van der Waals surface area contributed by atoms with Gasteiger partial charge in [0.2, 0.25) is 0 Å². The smallest absolute Gasteiger partial charge is 0.0503 e. The van der Waals surface area contributed by atoms with Gasteiger partial charge < -0.3 is 5.32 Å². The Kier molecular flexibility index (Phi) is 7.02. The first kappa shape index (κ1) is 17.2. The van der Waals surface area contributed by atoms with Crippen LogP contribution in [0.15, 0.2) is 0 Å². The molecule has 0 bridgehead atoms. The summed E-state index contributed by atoms with van der Waals surface area (Å²) in [5, 5.41) is 3.77. The van der Waals surface area contributed by atoms with Crippen LogP contribution in [-0.2, 0) is 10.8 Å². The first-order valence-electron chi connectivity index (χ1n) is 8.00. The van der Waals surface area contributed by atoms with E-state index in [1.807, 2.05) is 7.05 Å². The Balaban J connectivity index is 2.71. The van der Waals surface area contributed by atoms with Crippen LogP contribution in [0, 0.1) is 11.3 Å². The highest BCUT2D eigenvalue weighted by molar-refractivity contribution is 7.85. The second-order valence-corrected chi connectivity index (χ2v) is 8.50. The summed E-state index contributed by atoms with van der Waals surface area (Å²) in [6.07, 6.45) is 7.08. The maximum absolute atomic E-state index is 12.6. The molecular weight excluding hydrogens is 254 g/mol. The number of hydrogen-bond acceptors (Lipinski definition) is 2. The standard InChI is InChI=1S/C16H33NOS/c1-6-8-11-19(18)15-12-13(16(3,4)7-2)9-10-14(15)17-5/h13-15,17H,6-12H2,1-5H3. The molecule has 2 nitrogen and oxygen atoms in total. The van der Waals surface area contributed by atoms with E-state index in [1.54, 1.807) is 0 Å². The number of nitrogens with one attached hydrogen (secondary N) is 1. The minimum absolute atomic E-state index is 0.362. The van der Waals surface area contributed by atoms with E-state index < -0.39 is 10.8 Å². The summed E-state index contributed by atoms with van der Waals surface area (Å²) in [4.78, 5) is 0.